The third-order valence-corrected chi connectivity index (χ3v) is 4.19. The molecule has 0 spiro atoms. The van der Waals surface area contributed by atoms with Gasteiger partial charge >= 0.3 is 5.97 Å². The molecule has 0 saturated heterocycles. The summed E-state index contributed by atoms with van der Waals surface area (Å²) in [6.07, 6.45) is 6.08. The van der Waals surface area contributed by atoms with Crippen molar-refractivity contribution < 1.29 is 9.63 Å². The van der Waals surface area contributed by atoms with Gasteiger partial charge in [0.25, 0.3) is 0 Å². The first-order valence-electron chi connectivity index (χ1n) is 8.02. The molecule has 122 valence electrons. The van der Waals surface area contributed by atoms with Crippen molar-refractivity contribution in [1.82, 2.24) is 0 Å². The van der Waals surface area contributed by atoms with Gasteiger partial charge in [-0.3, -0.25) is 0 Å². The number of rotatable bonds is 3. The molecule has 0 N–H and O–H groups in total. The van der Waals surface area contributed by atoms with Crippen LogP contribution in [0, 0.1) is 0 Å². The predicted molar refractivity (Wildman–Crippen MR) is 97.2 cm³/mol. The standard InChI is InChI=1S/C20H18ClNO2/c21-18-12-10-16(11-13-18)20(23)24-22-19-9-5-4-8-17(19)14-15-6-2-1-3-7-15/h1-3,6-7,10-14H,4-5,8-9H2/b17-14+,22-19-. The zero-order valence-electron chi connectivity index (χ0n) is 13.2. The quantitative estimate of drug-likeness (QED) is 0.546. The Morgan fingerprint density at radius 1 is 1.00 bits per heavy atom. The highest BCUT2D eigenvalue weighted by Gasteiger charge is 2.15. The third kappa shape index (κ3) is 4.33. The fraction of sp³-hybridized carbons (Fsp3) is 0.200. The zero-order chi connectivity index (χ0) is 16.8. The normalized spacial score (nSPS) is 17.9. The van der Waals surface area contributed by atoms with Crippen LogP contribution in [0.1, 0.15) is 41.6 Å². The van der Waals surface area contributed by atoms with E-state index >= 15 is 0 Å². The van der Waals surface area contributed by atoms with Crippen molar-refractivity contribution >= 4 is 29.4 Å². The average molecular weight is 340 g/mol. The highest BCUT2D eigenvalue weighted by Crippen LogP contribution is 2.24. The minimum Gasteiger partial charge on any atom is -0.313 e. The molecule has 3 rings (SSSR count). The monoisotopic (exact) mass is 339 g/mol. The first-order valence-corrected chi connectivity index (χ1v) is 8.40. The third-order valence-electron chi connectivity index (χ3n) is 3.94. The molecule has 2 aromatic carbocycles. The highest BCUT2D eigenvalue weighted by atomic mass is 35.5. The van der Waals surface area contributed by atoms with Gasteiger partial charge in [-0.25, -0.2) is 4.79 Å². The van der Waals surface area contributed by atoms with E-state index in [-0.39, 0.29) is 0 Å². The number of benzene rings is 2. The van der Waals surface area contributed by atoms with Crippen LogP contribution in [-0.4, -0.2) is 11.7 Å². The Morgan fingerprint density at radius 3 is 2.46 bits per heavy atom. The minimum absolute atomic E-state index is 0.438. The fourth-order valence-electron chi connectivity index (χ4n) is 2.66. The Hall–Kier alpha value is -2.39. The van der Waals surface area contributed by atoms with E-state index in [1.807, 2.05) is 18.2 Å². The molecule has 0 bridgehead atoms. The molecule has 0 heterocycles. The second-order valence-electron chi connectivity index (χ2n) is 5.71. The molecule has 0 atom stereocenters. The summed E-state index contributed by atoms with van der Waals surface area (Å²) in [6, 6.07) is 16.7. The Balaban J connectivity index is 1.75. The maximum Gasteiger partial charge on any atom is 0.365 e. The van der Waals surface area contributed by atoms with Gasteiger partial charge in [0.15, 0.2) is 0 Å². The van der Waals surface area contributed by atoms with E-state index in [1.165, 1.54) is 0 Å². The second kappa shape index (κ2) is 7.93. The lowest BCUT2D eigenvalue weighted by Crippen LogP contribution is -2.11. The van der Waals surface area contributed by atoms with Crippen molar-refractivity contribution in [2.24, 2.45) is 5.16 Å². The summed E-state index contributed by atoms with van der Waals surface area (Å²) in [5, 5.41) is 4.71. The van der Waals surface area contributed by atoms with Crippen LogP contribution in [-0.2, 0) is 4.84 Å². The van der Waals surface area contributed by atoms with Gasteiger partial charge in [-0.05, 0) is 67.2 Å². The molecule has 1 saturated carbocycles. The minimum atomic E-state index is -0.469. The molecule has 1 fully saturated rings. The summed E-state index contributed by atoms with van der Waals surface area (Å²) in [5.41, 5.74) is 3.56. The molecular formula is C20H18ClNO2. The smallest absolute Gasteiger partial charge is 0.313 e. The lowest BCUT2D eigenvalue weighted by molar-refractivity contribution is 0.0515. The van der Waals surface area contributed by atoms with Crippen LogP contribution in [0.4, 0.5) is 0 Å². The van der Waals surface area contributed by atoms with Gasteiger partial charge in [0.1, 0.15) is 0 Å². The largest absolute Gasteiger partial charge is 0.365 e. The first-order chi connectivity index (χ1) is 11.7. The van der Waals surface area contributed by atoms with Crippen molar-refractivity contribution in [2.75, 3.05) is 0 Å². The number of oxime groups is 1. The molecule has 4 heteroatoms. The molecule has 1 aliphatic rings. The van der Waals surface area contributed by atoms with Crippen molar-refractivity contribution in [1.29, 1.82) is 0 Å². The molecule has 0 aromatic heterocycles. The van der Waals surface area contributed by atoms with Crippen molar-refractivity contribution in [3.63, 3.8) is 0 Å². The number of carbonyl (C=O) groups is 1. The van der Waals surface area contributed by atoms with Gasteiger partial charge in [0, 0.05) is 5.02 Å². The van der Waals surface area contributed by atoms with Crippen LogP contribution < -0.4 is 0 Å². The van der Waals surface area contributed by atoms with Crippen molar-refractivity contribution in [3.8, 4) is 0 Å². The summed E-state index contributed by atoms with van der Waals surface area (Å²) < 4.78 is 0. The van der Waals surface area contributed by atoms with Crippen LogP contribution in [0.25, 0.3) is 6.08 Å². The van der Waals surface area contributed by atoms with E-state index in [4.69, 9.17) is 16.4 Å². The number of allylic oxidation sites excluding steroid dienone is 1. The maximum absolute atomic E-state index is 12.1. The number of nitrogens with zero attached hydrogens (tertiary/aromatic N) is 1. The van der Waals surface area contributed by atoms with Gasteiger partial charge in [-0.2, -0.15) is 0 Å². The Labute approximate surface area is 146 Å². The summed E-state index contributed by atoms with van der Waals surface area (Å²) in [5.74, 6) is -0.469. The van der Waals surface area contributed by atoms with Crippen LogP contribution >= 0.6 is 11.6 Å². The van der Waals surface area contributed by atoms with Gasteiger partial charge in [0.05, 0.1) is 11.3 Å². The Morgan fingerprint density at radius 2 is 1.71 bits per heavy atom. The predicted octanol–water partition coefficient (Wildman–Crippen LogP) is 5.51. The lowest BCUT2D eigenvalue weighted by Gasteiger charge is -2.16. The van der Waals surface area contributed by atoms with Crippen LogP contribution in [0.2, 0.25) is 5.02 Å². The molecule has 24 heavy (non-hydrogen) atoms. The average Bonchev–Trinajstić information content (AvgIpc) is 2.62. The van der Waals surface area contributed by atoms with E-state index in [0.717, 1.165) is 42.5 Å². The van der Waals surface area contributed by atoms with Crippen LogP contribution in [0.5, 0.6) is 0 Å². The van der Waals surface area contributed by atoms with Crippen LogP contribution in [0.3, 0.4) is 0 Å². The van der Waals surface area contributed by atoms with Crippen LogP contribution in [0.15, 0.2) is 65.3 Å². The van der Waals surface area contributed by atoms with Gasteiger partial charge in [0.2, 0.25) is 0 Å². The molecule has 3 nitrogen and oxygen atoms in total. The fourth-order valence-corrected chi connectivity index (χ4v) is 2.78. The molecule has 0 unspecified atom stereocenters. The summed E-state index contributed by atoms with van der Waals surface area (Å²) in [4.78, 5) is 17.2. The van der Waals surface area contributed by atoms with Gasteiger partial charge in [-0.1, -0.05) is 47.1 Å². The van der Waals surface area contributed by atoms with E-state index in [0.29, 0.717) is 10.6 Å². The van der Waals surface area contributed by atoms with E-state index < -0.39 is 5.97 Å². The zero-order valence-corrected chi connectivity index (χ0v) is 14.0. The van der Waals surface area contributed by atoms with E-state index in [2.05, 4.69) is 23.4 Å². The van der Waals surface area contributed by atoms with E-state index in [9.17, 15) is 4.79 Å². The maximum atomic E-state index is 12.1. The molecule has 0 amide bonds. The van der Waals surface area contributed by atoms with Gasteiger partial charge in [-0.15, -0.1) is 0 Å². The summed E-state index contributed by atoms with van der Waals surface area (Å²) in [6.45, 7) is 0. The molecule has 1 aliphatic carbocycles. The topological polar surface area (TPSA) is 38.7 Å². The molecule has 0 radical (unpaired) electrons. The van der Waals surface area contributed by atoms with Crippen molar-refractivity contribution in [2.45, 2.75) is 25.7 Å². The first kappa shape index (κ1) is 16.5. The molecule has 0 aliphatic heterocycles. The summed E-state index contributed by atoms with van der Waals surface area (Å²) in [7, 11) is 0. The SMILES string of the molecule is O=C(O/N=C1/CCCC/C1=C\c1ccccc1)c1ccc(Cl)cc1. The highest BCUT2D eigenvalue weighted by molar-refractivity contribution is 6.30. The molecule has 2 aromatic rings. The lowest BCUT2D eigenvalue weighted by atomic mass is 9.91. The number of hydrogen-bond donors (Lipinski definition) is 0. The number of carbonyl (C=O) groups excluding carboxylic acids is 1. The Kier molecular flexibility index (Phi) is 5.44. The number of hydrogen-bond acceptors (Lipinski definition) is 3. The van der Waals surface area contributed by atoms with Crippen molar-refractivity contribution in [3.05, 3.63) is 76.3 Å². The Bertz CT molecular complexity index is 764. The van der Waals surface area contributed by atoms with E-state index in [1.54, 1.807) is 24.3 Å². The summed E-state index contributed by atoms with van der Waals surface area (Å²) >= 11 is 5.82. The number of halogens is 1. The molecular weight excluding hydrogens is 322 g/mol. The van der Waals surface area contributed by atoms with Gasteiger partial charge < -0.3 is 4.84 Å². The second-order valence-corrected chi connectivity index (χ2v) is 6.15.